The Hall–Kier alpha value is -4.25. The van der Waals surface area contributed by atoms with Crippen molar-refractivity contribution < 1.29 is 47.1 Å². The maximum atomic E-state index is 11.2. The number of H-pyrrole nitrogens is 1. The van der Waals surface area contributed by atoms with E-state index in [9.17, 15) is 23.1 Å². The fourth-order valence-corrected chi connectivity index (χ4v) is 3.96. The van der Waals surface area contributed by atoms with Crippen LogP contribution in [0.5, 0.6) is 5.75 Å². The van der Waals surface area contributed by atoms with E-state index >= 15 is 0 Å². The number of halogens is 3. The number of hydrogen-bond acceptors (Lipinski definition) is 6. The lowest BCUT2D eigenvalue weighted by molar-refractivity contribution is -0.378. The van der Waals surface area contributed by atoms with Crippen LogP contribution in [0.3, 0.4) is 0 Å². The number of aromatic carboxylic acids is 1. The molecule has 11 heteroatoms. The van der Waals surface area contributed by atoms with Gasteiger partial charge in [-0.25, -0.2) is 9.78 Å². The summed E-state index contributed by atoms with van der Waals surface area (Å²) in [7, 11) is 1.63. The number of carboxylic acids is 2. The van der Waals surface area contributed by atoms with Crippen LogP contribution in [0.4, 0.5) is 13.2 Å². The van der Waals surface area contributed by atoms with Crippen molar-refractivity contribution in [2.24, 2.45) is 0 Å². The lowest BCUT2D eigenvalue weighted by Crippen LogP contribution is -2.37. The second-order valence-electron chi connectivity index (χ2n) is 7.39. The lowest BCUT2D eigenvalue weighted by Gasteiger charge is -2.04. The van der Waals surface area contributed by atoms with Gasteiger partial charge in [0, 0.05) is 39.5 Å². The van der Waals surface area contributed by atoms with Crippen molar-refractivity contribution in [3.8, 4) is 28.4 Å². The van der Waals surface area contributed by atoms with E-state index in [-0.39, 0.29) is 5.56 Å². The zero-order valence-corrected chi connectivity index (χ0v) is 20.1. The molecule has 2 N–H and O–H groups in total. The second kappa shape index (κ2) is 12.1. The number of benzene rings is 2. The highest BCUT2D eigenvalue weighted by molar-refractivity contribution is 7.98. The van der Waals surface area contributed by atoms with E-state index in [1.54, 1.807) is 43.1 Å². The molecule has 0 unspecified atom stereocenters. The molecule has 0 aliphatic heterocycles. The number of carbonyl (C=O) groups is 2. The van der Waals surface area contributed by atoms with Crippen LogP contribution in [0.1, 0.15) is 15.9 Å². The number of thioether (sulfide) groups is 1. The third kappa shape index (κ3) is 7.61. The Balaban J connectivity index is 0.000000479. The number of alkyl halides is 3. The molecule has 37 heavy (non-hydrogen) atoms. The largest absolute Gasteiger partial charge is 0.542 e. The summed E-state index contributed by atoms with van der Waals surface area (Å²) in [6.07, 6.45) is -1.41. The van der Waals surface area contributed by atoms with Crippen LogP contribution >= 0.6 is 11.8 Å². The Morgan fingerprint density at radius 3 is 2.24 bits per heavy atom. The van der Waals surface area contributed by atoms with Gasteiger partial charge in [0.25, 0.3) is 0 Å². The monoisotopic (exact) mass is 531 g/mol. The van der Waals surface area contributed by atoms with E-state index in [1.165, 1.54) is 0 Å². The summed E-state index contributed by atoms with van der Waals surface area (Å²) in [5, 5.41) is 18.0. The molecular weight excluding hydrogens is 511 g/mol. The van der Waals surface area contributed by atoms with Crippen LogP contribution in [0.25, 0.3) is 22.6 Å². The lowest BCUT2D eigenvalue weighted by atomic mass is 10.1. The molecule has 0 atom stereocenters. The predicted molar refractivity (Wildman–Crippen MR) is 127 cm³/mol. The molecule has 0 spiro atoms. The quantitative estimate of drug-likeness (QED) is 0.343. The van der Waals surface area contributed by atoms with Gasteiger partial charge in [0.2, 0.25) is 0 Å². The highest BCUT2D eigenvalue weighted by Crippen LogP contribution is 2.37. The van der Waals surface area contributed by atoms with Gasteiger partial charge in [-0.1, -0.05) is 24.3 Å². The first-order valence-corrected chi connectivity index (χ1v) is 11.5. The maximum Gasteiger partial charge on any atom is 0.430 e. The summed E-state index contributed by atoms with van der Waals surface area (Å²) in [6, 6.07) is 20.6. The first-order chi connectivity index (χ1) is 17.6. The molecule has 0 aliphatic carbocycles. The Labute approximate surface area is 213 Å². The van der Waals surface area contributed by atoms with Crippen LogP contribution in [-0.4, -0.2) is 30.3 Å². The number of methoxy groups -OCH3 is 1. The van der Waals surface area contributed by atoms with E-state index in [4.69, 9.17) is 19.1 Å². The van der Waals surface area contributed by atoms with Crippen LogP contribution in [0.2, 0.25) is 0 Å². The molecule has 4 rings (SSSR count). The van der Waals surface area contributed by atoms with Crippen molar-refractivity contribution >= 4 is 23.7 Å². The molecule has 7 nitrogen and oxygen atoms in total. The van der Waals surface area contributed by atoms with Gasteiger partial charge in [0.15, 0.2) is 12.4 Å². The summed E-state index contributed by atoms with van der Waals surface area (Å²) in [5.74, 6) is -1.01. The molecule has 0 bridgehead atoms. The molecular formula is C26H20F3NO6S. The zero-order chi connectivity index (χ0) is 27.0. The highest BCUT2D eigenvalue weighted by atomic mass is 32.2. The minimum Gasteiger partial charge on any atom is -0.542 e. The van der Waals surface area contributed by atoms with Gasteiger partial charge in [-0.05, 0) is 30.3 Å². The number of furan rings is 1. The first kappa shape index (κ1) is 27.3. The maximum absolute atomic E-state index is 11.2. The van der Waals surface area contributed by atoms with Crippen molar-refractivity contribution in [3.05, 3.63) is 90.3 Å². The molecule has 2 aromatic heterocycles. The van der Waals surface area contributed by atoms with Crippen LogP contribution in [0, 0.1) is 0 Å². The van der Waals surface area contributed by atoms with Gasteiger partial charge in [0.05, 0.1) is 12.7 Å². The van der Waals surface area contributed by atoms with Crippen molar-refractivity contribution in [2.75, 3.05) is 7.11 Å². The number of aromatic nitrogens is 1. The molecule has 0 saturated heterocycles. The molecule has 0 amide bonds. The highest BCUT2D eigenvalue weighted by Gasteiger charge is 2.28. The van der Waals surface area contributed by atoms with E-state index in [0.717, 1.165) is 38.9 Å². The number of rotatable bonds is 7. The minimum absolute atomic E-state index is 0.245. The smallest absolute Gasteiger partial charge is 0.430 e. The van der Waals surface area contributed by atoms with E-state index in [0.29, 0.717) is 5.75 Å². The summed E-state index contributed by atoms with van der Waals surface area (Å²) < 4.78 is 43.1. The Bertz CT molecular complexity index is 1350. The van der Waals surface area contributed by atoms with Crippen molar-refractivity contribution in [1.82, 2.24) is 0 Å². The van der Waals surface area contributed by atoms with Gasteiger partial charge in [-0.3, -0.25) is 0 Å². The third-order valence-corrected chi connectivity index (χ3v) is 5.93. The Morgan fingerprint density at radius 1 is 1.03 bits per heavy atom. The molecule has 2 aromatic carbocycles. The van der Waals surface area contributed by atoms with E-state index in [2.05, 4.69) is 4.98 Å². The van der Waals surface area contributed by atoms with Gasteiger partial charge >= 0.3 is 12.1 Å². The summed E-state index contributed by atoms with van der Waals surface area (Å²) >= 11 is 1.71. The predicted octanol–water partition coefficient (Wildman–Crippen LogP) is 4.73. The SMILES string of the molecule is COc1cccc(-c2cc(CSc3cc[nH+]cc3)c(-c3ccc(C(=O)O)cc3)o2)c1.O=C([O-])C(F)(F)F. The molecule has 4 aromatic rings. The number of carbonyl (C=O) groups excluding carboxylic acids is 1. The zero-order valence-electron chi connectivity index (χ0n) is 19.2. The number of nitrogens with one attached hydrogen (secondary N) is 1. The van der Waals surface area contributed by atoms with E-state index in [1.807, 2.05) is 54.9 Å². The van der Waals surface area contributed by atoms with Crippen LogP contribution in [-0.2, 0) is 10.5 Å². The average Bonchev–Trinajstić information content (AvgIpc) is 3.32. The molecule has 192 valence electrons. The third-order valence-electron chi connectivity index (χ3n) is 4.87. The minimum atomic E-state index is -5.19. The number of aromatic amines is 1. The van der Waals surface area contributed by atoms with Gasteiger partial charge in [-0.15, -0.1) is 11.8 Å². The molecule has 0 saturated carbocycles. The Morgan fingerprint density at radius 2 is 1.68 bits per heavy atom. The topological polar surface area (TPSA) is 114 Å². The van der Waals surface area contributed by atoms with Gasteiger partial charge in [0.1, 0.15) is 23.2 Å². The summed E-state index contributed by atoms with van der Waals surface area (Å²) in [4.78, 5) is 24.1. The molecule has 2 heterocycles. The fraction of sp³-hybridized carbons (Fsp3) is 0.115. The van der Waals surface area contributed by atoms with Crippen LogP contribution in [0.15, 0.2) is 88.4 Å². The normalized spacial score (nSPS) is 10.8. The Kier molecular flexibility index (Phi) is 8.96. The number of carboxylic acid groups (broad SMARTS) is 2. The fourth-order valence-electron chi connectivity index (χ4n) is 3.09. The summed E-state index contributed by atoms with van der Waals surface area (Å²) in [6.45, 7) is 0. The number of ether oxygens (including phenoxy) is 1. The van der Waals surface area contributed by atoms with Crippen molar-refractivity contribution in [2.45, 2.75) is 16.8 Å². The first-order valence-electron chi connectivity index (χ1n) is 10.6. The molecule has 0 fully saturated rings. The van der Waals surface area contributed by atoms with Gasteiger partial charge in [-0.2, -0.15) is 13.2 Å². The van der Waals surface area contributed by atoms with Crippen molar-refractivity contribution in [3.63, 3.8) is 0 Å². The number of pyridine rings is 1. The van der Waals surface area contributed by atoms with Crippen LogP contribution < -0.4 is 14.8 Å². The summed E-state index contributed by atoms with van der Waals surface area (Å²) in [5.41, 5.74) is 3.04. The van der Waals surface area contributed by atoms with Crippen molar-refractivity contribution in [1.29, 1.82) is 0 Å². The molecule has 0 radical (unpaired) electrons. The van der Waals surface area contributed by atoms with E-state index < -0.39 is 18.1 Å². The standard InChI is InChI=1S/C24H19NO4S.C2HF3O2/c1-28-20-4-2-3-18(13-20)22-14-19(15-30-21-9-11-25-12-10-21)23(29-22)16-5-7-17(8-6-16)24(26)27;3-2(4,5)1(6)7/h2-14H,15H2,1H3,(H,26,27);(H,6,7). The van der Waals surface area contributed by atoms with Gasteiger partial charge < -0.3 is 24.2 Å². The average molecular weight is 532 g/mol. The molecule has 0 aliphatic rings. The number of hydrogen-bond donors (Lipinski definition) is 1. The number of aliphatic carboxylic acids is 1. The second-order valence-corrected chi connectivity index (χ2v) is 8.44.